The normalized spacial score (nSPS) is 14.9. The molecule has 0 saturated heterocycles. The zero-order valence-electron chi connectivity index (χ0n) is 12.9. The van der Waals surface area contributed by atoms with Gasteiger partial charge in [0.1, 0.15) is 0 Å². The Morgan fingerprint density at radius 2 is 1.75 bits per heavy atom. The lowest BCUT2D eigenvalue weighted by atomic mass is 10.1. The molecule has 0 atom stereocenters. The van der Waals surface area contributed by atoms with Crippen LogP contribution < -0.4 is 5.32 Å². The fourth-order valence-corrected chi connectivity index (χ4v) is 2.23. The molecule has 2 rings (SSSR count). The standard InChI is InChI=1S/C17H28N2O/c1-3-19(4-2)11-12-20-14-16-7-5-15(6-8-16)13-18-17-9-10-17/h5-8,17-18H,3-4,9-14H2,1-2H3. The van der Waals surface area contributed by atoms with Gasteiger partial charge in [-0.3, -0.25) is 0 Å². The predicted octanol–water partition coefficient (Wildman–Crippen LogP) is 2.80. The summed E-state index contributed by atoms with van der Waals surface area (Å²) in [5, 5.41) is 3.53. The van der Waals surface area contributed by atoms with E-state index in [1.807, 2.05) is 0 Å². The molecule has 0 bridgehead atoms. The van der Waals surface area contributed by atoms with Crippen molar-refractivity contribution in [1.29, 1.82) is 0 Å². The number of likely N-dealkylation sites (N-methyl/N-ethyl adjacent to an activating group) is 1. The molecule has 1 aliphatic carbocycles. The van der Waals surface area contributed by atoms with Crippen molar-refractivity contribution < 1.29 is 4.74 Å². The van der Waals surface area contributed by atoms with Gasteiger partial charge in [-0.1, -0.05) is 38.1 Å². The van der Waals surface area contributed by atoms with Crippen molar-refractivity contribution in [2.75, 3.05) is 26.2 Å². The quantitative estimate of drug-likeness (QED) is 0.665. The highest BCUT2D eigenvalue weighted by Gasteiger charge is 2.19. The van der Waals surface area contributed by atoms with Crippen LogP contribution in [0.1, 0.15) is 37.8 Å². The zero-order valence-corrected chi connectivity index (χ0v) is 12.9. The molecule has 1 saturated carbocycles. The van der Waals surface area contributed by atoms with Gasteiger partial charge in [-0.15, -0.1) is 0 Å². The van der Waals surface area contributed by atoms with Crippen LogP contribution in [-0.4, -0.2) is 37.2 Å². The molecule has 1 aliphatic rings. The summed E-state index contributed by atoms with van der Waals surface area (Å²) in [6.45, 7) is 10.1. The maximum atomic E-state index is 5.74. The van der Waals surface area contributed by atoms with E-state index in [0.717, 1.165) is 45.4 Å². The highest BCUT2D eigenvalue weighted by atomic mass is 16.5. The molecule has 0 amide bonds. The van der Waals surface area contributed by atoms with E-state index >= 15 is 0 Å². The Labute approximate surface area is 123 Å². The number of nitrogens with one attached hydrogen (secondary N) is 1. The average molecular weight is 276 g/mol. The van der Waals surface area contributed by atoms with Crippen LogP contribution >= 0.6 is 0 Å². The van der Waals surface area contributed by atoms with Gasteiger partial charge in [0.25, 0.3) is 0 Å². The van der Waals surface area contributed by atoms with Crippen molar-refractivity contribution in [2.45, 2.75) is 45.9 Å². The Hall–Kier alpha value is -0.900. The number of rotatable bonds is 10. The molecule has 112 valence electrons. The van der Waals surface area contributed by atoms with Gasteiger partial charge in [0, 0.05) is 19.1 Å². The Morgan fingerprint density at radius 1 is 1.10 bits per heavy atom. The minimum atomic E-state index is 0.720. The van der Waals surface area contributed by atoms with Crippen molar-refractivity contribution in [2.24, 2.45) is 0 Å². The van der Waals surface area contributed by atoms with Crippen LogP contribution in [0.2, 0.25) is 0 Å². The molecule has 0 radical (unpaired) electrons. The lowest BCUT2D eigenvalue weighted by molar-refractivity contribution is 0.0956. The molecule has 1 fully saturated rings. The smallest absolute Gasteiger partial charge is 0.0717 e. The topological polar surface area (TPSA) is 24.5 Å². The van der Waals surface area contributed by atoms with Crippen LogP contribution in [0.25, 0.3) is 0 Å². The molecular formula is C17H28N2O. The largest absolute Gasteiger partial charge is 0.375 e. The fourth-order valence-electron chi connectivity index (χ4n) is 2.23. The summed E-state index contributed by atoms with van der Waals surface area (Å²) in [6.07, 6.45) is 2.69. The third-order valence-corrected chi connectivity index (χ3v) is 3.91. The number of nitrogens with zero attached hydrogens (tertiary/aromatic N) is 1. The first-order valence-corrected chi connectivity index (χ1v) is 7.93. The molecular weight excluding hydrogens is 248 g/mol. The lowest BCUT2D eigenvalue weighted by Gasteiger charge is -2.17. The number of benzene rings is 1. The van der Waals surface area contributed by atoms with Gasteiger partial charge >= 0.3 is 0 Å². The zero-order chi connectivity index (χ0) is 14.2. The van der Waals surface area contributed by atoms with Gasteiger partial charge < -0.3 is 15.0 Å². The lowest BCUT2D eigenvalue weighted by Crippen LogP contribution is -2.26. The van der Waals surface area contributed by atoms with E-state index in [2.05, 4.69) is 48.3 Å². The van der Waals surface area contributed by atoms with Crippen molar-refractivity contribution in [1.82, 2.24) is 10.2 Å². The first-order valence-electron chi connectivity index (χ1n) is 7.93. The Bertz CT molecular complexity index is 369. The first kappa shape index (κ1) is 15.5. The van der Waals surface area contributed by atoms with Gasteiger partial charge in [0.2, 0.25) is 0 Å². The summed E-state index contributed by atoms with van der Waals surface area (Å²) in [4.78, 5) is 2.38. The Balaban J connectivity index is 1.62. The second kappa shape index (κ2) is 8.40. The minimum absolute atomic E-state index is 0.720. The van der Waals surface area contributed by atoms with Crippen LogP contribution in [0.15, 0.2) is 24.3 Å². The van der Waals surface area contributed by atoms with Gasteiger partial charge in [0.05, 0.1) is 13.2 Å². The maximum Gasteiger partial charge on any atom is 0.0717 e. The third kappa shape index (κ3) is 5.61. The van der Waals surface area contributed by atoms with Crippen molar-refractivity contribution in [3.8, 4) is 0 Å². The molecule has 0 unspecified atom stereocenters. The summed E-state index contributed by atoms with van der Waals surface area (Å²) < 4.78 is 5.74. The average Bonchev–Trinajstić information content (AvgIpc) is 3.31. The summed E-state index contributed by atoms with van der Waals surface area (Å²) in [7, 11) is 0. The van der Waals surface area contributed by atoms with E-state index < -0.39 is 0 Å². The van der Waals surface area contributed by atoms with E-state index in [-0.39, 0.29) is 0 Å². The van der Waals surface area contributed by atoms with Crippen LogP contribution in [0.3, 0.4) is 0 Å². The van der Waals surface area contributed by atoms with Crippen molar-refractivity contribution in [3.63, 3.8) is 0 Å². The Kier molecular flexibility index (Phi) is 6.51. The molecule has 0 heterocycles. The van der Waals surface area contributed by atoms with Crippen LogP contribution in [0, 0.1) is 0 Å². The molecule has 20 heavy (non-hydrogen) atoms. The Morgan fingerprint density at radius 3 is 2.35 bits per heavy atom. The molecule has 0 aromatic heterocycles. The summed E-state index contributed by atoms with van der Waals surface area (Å²) in [6, 6.07) is 9.55. The fraction of sp³-hybridized carbons (Fsp3) is 0.647. The van der Waals surface area contributed by atoms with Crippen molar-refractivity contribution >= 4 is 0 Å². The van der Waals surface area contributed by atoms with Gasteiger partial charge in [-0.2, -0.15) is 0 Å². The molecule has 0 spiro atoms. The van der Waals surface area contributed by atoms with Gasteiger partial charge in [-0.05, 0) is 37.1 Å². The van der Waals surface area contributed by atoms with Gasteiger partial charge in [-0.25, -0.2) is 0 Å². The molecule has 3 nitrogen and oxygen atoms in total. The van der Waals surface area contributed by atoms with Crippen LogP contribution in [-0.2, 0) is 17.9 Å². The summed E-state index contributed by atoms with van der Waals surface area (Å²) >= 11 is 0. The van der Waals surface area contributed by atoms with E-state index in [1.165, 1.54) is 24.0 Å². The van der Waals surface area contributed by atoms with E-state index in [4.69, 9.17) is 4.74 Å². The predicted molar refractivity (Wildman–Crippen MR) is 83.7 cm³/mol. The van der Waals surface area contributed by atoms with Gasteiger partial charge in [0.15, 0.2) is 0 Å². The van der Waals surface area contributed by atoms with E-state index in [0.29, 0.717) is 0 Å². The molecule has 1 aromatic carbocycles. The first-order chi connectivity index (χ1) is 9.81. The molecule has 1 aromatic rings. The molecule has 3 heteroatoms. The number of hydrogen-bond acceptors (Lipinski definition) is 3. The number of hydrogen-bond donors (Lipinski definition) is 1. The SMILES string of the molecule is CCN(CC)CCOCc1ccc(CNC2CC2)cc1. The second-order valence-corrected chi connectivity index (χ2v) is 5.55. The van der Waals surface area contributed by atoms with Crippen molar-refractivity contribution in [3.05, 3.63) is 35.4 Å². The maximum absolute atomic E-state index is 5.74. The highest BCUT2D eigenvalue weighted by Crippen LogP contribution is 2.19. The van der Waals surface area contributed by atoms with E-state index in [9.17, 15) is 0 Å². The minimum Gasteiger partial charge on any atom is -0.375 e. The molecule has 0 aliphatic heterocycles. The van der Waals surface area contributed by atoms with Crippen LogP contribution in [0.4, 0.5) is 0 Å². The number of ether oxygens (including phenoxy) is 1. The monoisotopic (exact) mass is 276 g/mol. The summed E-state index contributed by atoms with van der Waals surface area (Å²) in [5.74, 6) is 0. The summed E-state index contributed by atoms with van der Waals surface area (Å²) in [5.41, 5.74) is 2.63. The highest BCUT2D eigenvalue weighted by molar-refractivity contribution is 5.22. The van der Waals surface area contributed by atoms with E-state index in [1.54, 1.807) is 0 Å². The molecule has 1 N–H and O–H groups in total. The third-order valence-electron chi connectivity index (χ3n) is 3.91. The van der Waals surface area contributed by atoms with Crippen LogP contribution in [0.5, 0.6) is 0 Å². The second-order valence-electron chi connectivity index (χ2n) is 5.55.